The Hall–Kier alpha value is -17.7. The van der Waals surface area contributed by atoms with Crippen molar-refractivity contribution in [1.82, 2.24) is 57.3 Å². The Balaban J connectivity index is 0.000000106. The molecule has 0 aliphatic heterocycles. The van der Waals surface area contributed by atoms with Crippen molar-refractivity contribution < 1.29 is 0 Å². The van der Waals surface area contributed by atoms with Crippen LogP contribution in [0.3, 0.4) is 0 Å². The van der Waals surface area contributed by atoms with Gasteiger partial charge in [-0.1, -0.05) is 291 Å². The maximum Gasteiger partial charge on any atom is 0.238 e. The molecule has 27 rings (SSSR count). The first kappa shape index (κ1) is 74.8. The van der Waals surface area contributed by atoms with Crippen molar-refractivity contribution >= 4 is 142 Å². The van der Waals surface area contributed by atoms with E-state index in [0.29, 0.717) is 17.6 Å². The zero-order valence-electron chi connectivity index (χ0n) is 70.2. The Morgan fingerprint density at radius 3 is 0.954 bits per heavy atom. The van der Waals surface area contributed by atoms with E-state index in [2.05, 4.69) is 404 Å². The molecular weight excluding hydrogens is 1590 g/mol. The van der Waals surface area contributed by atoms with Gasteiger partial charge in [0.05, 0.1) is 72.1 Å². The maximum atomic E-state index is 5.09. The molecular formula is C118H76N12. The van der Waals surface area contributed by atoms with Crippen LogP contribution in [0.5, 0.6) is 0 Å². The molecule has 0 radical (unpaired) electrons. The Morgan fingerprint density at radius 1 is 0.169 bits per heavy atom. The molecule has 0 unspecified atom stereocenters. The number of fused-ring (bicyclic) bond motifs is 19. The Morgan fingerprint density at radius 2 is 0.492 bits per heavy atom. The number of para-hydroxylation sites is 10. The first-order chi connectivity index (χ1) is 64.5. The second-order valence-electron chi connectivity index (χ2n) is 32.9. The van der Waals surface area contributed by atoms with Crippen molar-refractivity contribution in [2.75, 3.05) is 0 Å². The van der Waals surface area contributed by atoms with Crippen molar-refractivity contribution in [3.63, 3.8) is 0 Å². The van der Waals surface area contributed by atoms with Gasteiger partial charge in [0.1, 0.15) is 5.65 Å². The minimum atomic E-state index is 0.578. The average Bonchev–Trinajstić information content (AvgIpc) is 1.57. The molecule has 0 bridgehead atoms. The molecule has 12 nitrogen and oxygen atoms in total. The van der Waals surface area contributed by atoms with Crippen molar-refractivity contribution in [3.05, 3.63) is 461 Å². The zero-order chi connectivity index (χ0) is 85.7. The highest BCUT2D eigenvalue weighted by atomic mass is 15.2. The summed E-state index contributed by atoms with van der Waals surface area (Å²) in [6.07, 6.45) is 5.80. The van der Waals surface area contributed by atoms with Gasteiger partial charge in [0.15, 0.2) is 11.6 Å². The Bertz CT molecular complexity index is 9050. The molecule has 0 aliphatic rings. The summed E-state index contributed by atoms with van der Waals surface area (Å²) < 4.78 is 13.8. The third-order valence-electron chi connectivity index (χ3n) is 25.5. The van der Waals surface area contributed by atoms with Gasteiger partial charge in [-0.25, -0.2) is 9.97 Å². The topological polar surface area (TPSA) is 107 Å². The van der Waals surface area contributed by atoms with Crippen LogP contribution < -0.4 is 0 Å². The van der Waals surface area contributed by atoms with E-state index in [1.165, 1.54) is 98.0 Å². The lowest BCUT2D eigenvalue weighted by Gasteiger charge is -2.11. The van der Waals surface area contributed by atoms with E-state index in [1.807, 2.05) is 85.3 Å². The number of nitrogens with zero attached hydrogens (tertiary/aromatic N) is 12. The molecule has 10 aromatic heterocycles. The quantitative estimate of drug-likeness (QED) is 0.128. The largest absolute Gasteiger partial charge is 0.309 e. The first-order valence-electron chi connectivity index (χ1n) is 43.9. The number of hydrogen-bond donors (Lipinski definition) is 0. The van der Waals surface area contributed by atoms with Crippen LogP contribution in [0.1, 0.15) is 0 Å². The molecule has 17 aromatic carbocycles. The number of rotatable bonds is 11. The standard InChI is InChI=1S/C44H28N6.C39H25N3.C35H23N3/c1-4-14-29(15-5-1)41-46-42(30-16-6-2-7-17-30)48-44(47-41)50-37-22-12-10-20-34(37)36-28-31(24-25-39(36)50)33-26-27-45-43-40(33)35-21-11-13-23-38(35)49(43)32-18-8-3-9-19-32;1-2-12-29(13-3-1)41-35-17-9-7-15-32(35)38-37(41)22-23-40-39(38)28-19-21-36-33(25-28)31-14-6-8-16-34(31)42(36)30-20-18-26-10-4-5-11-27(26)24-30;1-3-11-25(12-4-1)37-30-17-9-7-15-27(30)29-23-24(19-20-32(29)37)35-34-28-16-8-10-18-31(28)38(33(34)21-22-36-35)26-13-5-2-6-14-26/h1-28H;1-25H;1-23H. The monoisotopic (exact) mass is 1660 g/mol. The van der Waals surface area contributed by atoms with Gasteiger partial charge in [-0.2, -0.15) is 9.97 Å². The third-order valence-corrected chi connectivity index (χ3v) is 25.5. The van der Waals surface area contributed by atoms with Gasteiger partial charge in [-0.3, -0.25) is 19.1 Å². The normalized spacial score (nSPS) is 11.7. The maximum absolute atomic E-state index is 5.09. The van der Waals surface area contributed by atoms with Crippen LogP contribution in [0.25, 0.3) is 233 Å². The summed E-state index contributed by atoms with van der Waals surface area (Å²) >= 11 is 0. The molecule has 10 heterocycles. The van der Waals surface area contributed by atoms with Gasteiger partial charge in [0.2, 0.25) is 5.95 Å². The van der Waals surface area contributed by atoms with Crippen LogP contribution in [0, 0.1) is 0 Å². The number of pyridine rings is 3. The second kappa shape index (κ2) is 31.2. The summed E-state index contributed by atoms with van der Waals surface area (Å²) in [5, 5.41) is 16.7. The Labute approximate surface area is 746 Å². The summed E-state index contributed by atoms with van der Waals surface area (Å²) in [6, 6.07) is 156. The summed E-state index contributed by atoms with van der Waals surface area (Å²) in [4.78, 5) is 30.0. The zero-order valence-corrected chi connectivity index (χ0v) is 70.2. The predicted molar refractivity (Wildman–Crippen MR) is 537 cm³/mol. The molecule has 12 heteroatoms. The molecule has 0 saturated heterocycles. The van der Waals surface area contributed by atoms with Gasteiger partial charge in [-0.15, -0.1) is 0 Å². The number of benzene rings is 17. The summed E-state index contributed by atoms with van der Waals surface area (Å²) in [5.41, 5.74) is 27.7. The third kappa shape index (κ3) is 12.4. The fourth-order valence-electron chi connectivity index (χ4n) is 19.9. The van der Waals surface area contributed by atoms with Gasteiger partial charge in [0.25, 0.3) is 0 Å². The van der Waals surface area contributed by atoms with Crippen molar-refractivity contribution in [2.24, 2.45) is 0 Å². The molecule has 608 valence electrons. The molecule has 0 atom stereocenters. The van der Waals surface area contributed by atoms with Crippen LogP contribution in [0.15, 0.2) is 461 Å². The summed E-state index contributed by atoms with van der Waals surface area (Å²) in [7, 11) is 0. The highest BCUT2D eigenvalue weighted by Crippen LogP contribution is 2.46. The lowest BCUT2D eigenvalue weighted by Crippen LogP contribution is -2.06. The van der Waals surface area contributed by atoms with E-state index in [-0.39, 0.29) is 0 Å². The molecule has 0 saturated carbocycles. The van der Waals surface area contributed by atoms with Gasteiger partial charge >= 0.3 is 0 Å². The fourth-order valence-corrected chi connectivity index (χ4v) is 19.9. The van der Waals surface area contributed by atoms with Crippen LogP contribution in [-0.4, -0.2) is 57.3 Å². The van der Waals surface area contributed by atoms with Crippen LogP contribution >= 0.6 is 0 Å². The predicted octanol–water partition coefficient (Wildman–Crippen LogP) is 29.5. The molecule has 130 heavy (non-hydrogen) atoms. The van der Waals surface area contributed by atoms with Crippen LogP contribution in [0.4, 0.5) is 0 Å². The van der Waals surface area contributed by atoms with Crippen molar-refractivity contribution in [1.29, 1.82) is 0 Å². The lowest BCUT2D eigenvalue weighted by molar-refractivity contribution is 0.953. The molecule has 0 amide bonds. The highest BCUT2D eigenvalue weighted by Gasteiger charge is 2.26. The Kier molecular flexibility index (Phi) is 18.0. The highest BCUT2D eigenvalue weighted by molar-refractivity contribution is 6.20. The smallest absolute Gasteiger partial charge is 0.238 e. The molecule has 0 aliphatic carbocycles. The molecule has 27 aromatic rings. The van der Waals surface area contributed by atoms with E-state index < -0.39 is 0 Å². The van der Waals surface area contributed by atoms with Crippen LogP contribution in [-0.2, 0) is 0 Å². The molecule has 0 N–H and O–H groups in total. The number of aromatic nitrogens is 12. The molecule has 0 fully saturated rings. The summed E-state index contributed by atoms with van der Waals surface area (Å²) in [6.45, 7) is 0. The van der Waals surface area contributed by atoms with E-state index >= 15 is 0 Å². The van der Waals surface area contributed by atoms with E-state index in [4.69, 9.17) is 29.9 Å². The number of hydrogen-bond acceptors (Lipinski definition) is 6. The lowest BCUT2D eigenvalue weighted by atomic mass is 9.99. The van der Waals surface area contributed by atoms with Gasteiger partial charge in [0, 0.05) is 134 Å². The van der Waals surface area contributed by atoms with Crippen LogP contribution in [0.2, 0.25) is 0 Å². The minimum Gasteiger partial charge on any atom is -0.309 e. The SMILES string of the molecule is c1ccc(-c2nc(-c3ccccc3)nc(-n3c4ccccc4c4cc(-c5ccnc6c5c5ccccc5n6-c5ccccc5)ccc43)n2)cc1.c1ccc(-n2c3ccccc3c3c(-c4ccc5c(c4)c4ccccc4n5-c4ccc5ccccc5c4)nccc32)cc1.c1ccc(-n2c3ccccc3c3cc(-c4nccc5c4c4ccccc4n5-c4ccccc4)ccc32)cc1. The van der Waals surface area contributed by atoms with E-state index in [1.54, 1.807) is 0 Å². The first-order valence-corrected chi connectivity index (χ1v) is 43.9. The minimum absolute atomic E-state index is 0.578. The average molecular weight is 1660 g/mol. The van der Waals surface area contributed by atoms with Gasteiger partial charge < -0.3 is 18.3 Å². The fraction of sp³-hybridized carbons (Fsp3) is 0. The van der Waals surface area contributed by atoms with E-state index in [0.717, 1.165) is 117 Å². The summed E-state index contributed by atoms with van der Waals surface area (Å²) in [5.74, 6) is 1.84. The van der Waals surface area contributed by atoms with Crippen molar-refractivity contribution in [3.8, 4) is 90.8 Å². The molecule has 0 spiro atoms. The second-order valence-corrected chi connectivity index (χ2v) is 32.9. The van der Waals surface area contributed by atoms with E-state index in [9.17, 15) is 0 Å². The van der Waals surface area contributed by atoms with Gasteiger partial charge in [-0.05, 0) is 174 Å². The van der Waals surface area contributed by atoms with Crippen molar-refractivity contribution in [2.45, 2.75) is 0 Å².